The summed E-state index contributed by atoms with van der Waals surface area (Å²) in [5, 5.41) is 7.68. The third kappa shape index (κ3) is 3.73. The molecule has 1 N–H and O–H groups in total. The van der Waals surface area contributed by atoms with E-state index < -0.39 is 0 Å². The smallest absolute Gasteiger partial charge is 0.142 e. The van der Waals surface area contributed by atoms with Crippen molar-refractivity contribution in [3.8, 4) is 5.75 Å². The molecule has 0 amide bonds. The van der Waals surface area contributed by atoms with Crippen molar-refractivity contribution < 1.29 is 4.74 Å². The molecule has 0 fully saturated rings. The second-order valence-electron chi connectivity index (χ2n) is 4.31. The van der Waals surface area contributed by atoms with Gasteiger partial charge in [0.1, 0.15) is 5.75 Å². The SMILES string of the molecule is CCCn1cc(CNc2cc(Br)ccc2OC)cn1. The summed E-state index contributed by atoms with van der Waals surface area (Å²) in [7, 11) is 1.67. The minimum Gasteiger partial charge on any atom is -0.495 e. The lowest BCUT2D eigenvalue weighted by Crippen LogP contribution is -2.01. The molecule has 0 atom stereocenters. The van der Waals surface area contributed by atoms with E-state index in [2.05, 4.69) is 39.5 Å². The molecule has 0 aliphatic carbocycles. The first-order valence-corrected chi connectivity index (χ1v) is 7.11. The Balaban J connectivity index is 2.03. The zero-order valence-corrected chi connectivity index (χ0v) is 12.8. The van der Waals surface area contributed by atoms with Crippen LogP contribution in [0.15, 0.2) is 35.1 Å². The number of aryl methyl sites for hydroxylation is 1. The van der Waals surface area contributed by atoms with Crippen LogP contribution in [0.1, 0.15) is 18.9 Å². The highest BCUT2D eigenvalue weighted by molar-refractivity contribution is 9.10. The van der Waals surface area contributed by atoms with Crippen LogP contribution in [-0.2, 0) is 13.1 Å². The molecule has 0 radical (unpaired) electrons. The van der Waals surface area contributed by atoms with Crippen molar-refractivity contribution in [3.05, 3.63) is 40.6 Å². The quantitative estimate of drug-likeness (QED) is 0.881. The van der Waals surface area contributed by atoms with Gasteiger partial charge in [0.15, 0.2) is 0 Å². The van der Waals surface area contributed by atoms with Crippen LogP contribution in [0.5, 0.6) is 5.75 Å². The van der Waals surface area contributed by atoms with Crippen molar-refractivity contribution in [2.75, 3.05) is 12.4 Å². The molecule has 102 valence electrons. The third-order valence-electron chi connectivity index (χ3n) is 2.78. The maximum atomic E-state index is 5.33. The van der Waals surface area contributed by atoms with Crippen molar-refractivity contribution in [3.63, 3.8) is 0 Å². The molecular formula is C14H18BrN3O. The highest BCUT2D eigenvalue weighted by atomic mass is 79.9. The molecule has 2 rings (SSSR count). The Labute approximate surface area is 121 Å². The fourth-order valence-corrected chi connectivity index (χ4v) is 2.23. The standard InChI is InChI=1S/C14H18BrN3O/c1-3-6-18-10-11(9-17-18)8-16-13-7-12(15)4-5-14(13)19-2/h4-5,7,9-10,16H,3,6,8H2,1-2H3. The molecule has 1 aromatic heterocycles. The predicted molar refractivity (Wildman–Crippen MR) is 80.5 cm³/mol. The molecule has 0 spiro atoms. The number of nitrogens with zero attached hydrogens (tertiary/aromatic N) is 2. The number of methoxy groups -OCH3 is 1. The minimum atomic E-state index is 0.733. The van der Waals surface area contributed by atoms with Crippen molar-refractivity contribution >= 4 is 21.6 Å². The van der Waals surface area contributed by atoms with Gasteiger partial charge in [-0.25, -0.2) is 0 Å². The Bertz CT molecular complexity index is 539. The average molecular weight is 324 g/mol. The van der Waals surface area contributed by atoms with Gasteiger partial charge in [-0.15, -0.1) is 0 Å². The number of benzene rings is 1. The molecule has 0 bridgehead atoms. The van der Waals surface area contributed by atoms with Crippen molar-refractivity contribution in [2.45, 2.75) is 26.4 Å². The number of halogens is 1. The summed E-state index contributed by atoms with van der Waals surface area (Å²) >= 11 is 3.46. The monoisotopic (exact) mass is 323 g/mol. The molecule has 2 aromatic rings. The van der Waals surface area contributed by atoms with E-state index in [1.54, 1.807) is 7.11 Å². The number of hydrogen-bond acceptors (Lipinski definition) is 3. The number of ether oxygens (including phenoxy) is 1. The van der Waals surface area contributed by atoms with Crippen LogP contribution in [0.25, 0.3) is 0 Å². The lowest BCUT2D eigenvalue weighted by molar-refractivity contribution is 0.416. The van der Waals surface area contributed by atoms with E-state index in [1.165, 1.54) is 0 Å². The predicted octanol–water partition coefficient (Wildman–Crippen LogP) is 3.68. The van der Waals surface area contributed by atoms with Crippen LogP contribution in [0.3, 0.4) is 0 Å². The summed E-state index contributed by atoms with van der Waals surface area (Å²) in [5.74, 6) is 0.837. The molecule has 0 saturated carbocycles. The Morgan fingerprint density at radius 1 is 1.42 bits per heavy atom. The van der Waals surface area contributed by atoms with Gasteiger partial charge in [-0.05, 0) is 24.6 Å². The summed E-state index contributed by atoms with van der Waals surface area (Å²) in [5.41, 5.74) is 2.13. The molecule has 1 heterocycles. The normalized spacial score (nSPS) is 10.5. The number of hydrogen-bond donors (Lipinski definition) is 1. The fraction of sp³-hybridized carbons (Fsp3) is 0.357. The van der Waals surface area contributed by atoms with Gasteiger partial charge in [-0.1, -0.05) is 22.9 Å². The first kappa shape index (κ1) is 13.9. The van der Waals surface area contributed by atoms with Crippen molar-refractivity contribution in [1.29, 1.82) is 0 Å². The molecule has 0 saturated heterocycles. The third-order valence-corrected chi connectivity index (χ3v) is 3.28. The summed E-state index contributed by atoms with van der Waals surface area (Å²) in [6.45, 7) is 3.84. The summed E-state index contributed by atoms with van der Waals surface area (Å²) in [6.07, 6.45) is 5.06. The van der Waals surface area contributed by atoms with Gasteiger partial charge in [0.05, 0.1) is 19.0 Å². The lowest BCUT2D eigenvalue weighted by atomic mass is 10.2. The highest BCUT2D eigenvalue weighted by Crippen LogP contribution is 2.28. The second kappa shape index (κ2) is 6.61. The molecule has 0 aliphatic heterocycles. The van der Waals surface area contributed by atoms with E-state index >= 15 is 0 Å². The van der Waals surface area contributed by atoms with Gasteiger partial charge in [0.25, 0.3) is 0 Å². The maximum Gasteiger partial charge on any atom is 0.142 e. The molecule has 19 heavy (non-hydrogen) atoms. The Morgan fingerprint density at radius 3 is 3.00 bits per heavy atom. The van der Waals surface area contributed by atoms with Crippen LogP contribution in [0, 0.1) is 0 Å². The van der Waals surface area contributed by atoms with Crippen molar-refractivity contribution in [2.24, 2.45) is 0 Å². The summed E-state index contributed by atoms with van der Waals surface area (Å²) in [4.78, 5) is 0. The topological polar surface area (TPSA) is 39.1 Å². The van der Waals surface area contributed by atoms with Gasteiger partial charge in [0, 0.05) is 29.3 Å². The zero-order valence-electron chi connectivity index (χ0n) is 11.2. The van der Waals surface area contributed by atoms with Crippen LogP contribution in [-0.4, -0.2) is 16.9 Å². The molecule has 0 aliphatic rings. The van der Waals surface area contributed by atoms with E-state index in [4.69, 9.17) is 4.74 Å². The van der Waals surface area contributed by atoms with Crippen molar-refractivity contribution in [1.82, 2.24) is 9.78 Å². The Kier molecular flexibility index (Phi) is 4.85. The van der Waals surface area contributed by atoms with Crippen LogP contribution in [0.2, 0.25) is 0 Å². The van der Waals surface area contributed by atoms with E-state index in [-0.39, 0.29) is 0 Å². The fourth-order valence-electron chi connectivity index (χ4n) is 1.86. The number of nitrogens with one attached hydrogen (secondary N) is 1. The van der Waals surface area contributed by atoms with Gasteiger partial charge in [-0.2, -0.15) is 5.10 Å². The van der Waals surface area contributed by atoms with Gasteiger partial charge >= 0.3 is 0 Å². The average Bonchev–Trinajstić information content (AvgIpc) is 2.85. The number of aromatic nitrogens is 2. The Morgan fingerprint density at radius 2 is 2.26 bits per heavy atom. The first-order valence-electron chi connectivity index (χ1n) is 6.31. The van der Waals surface area contributed by atoms with Crippen LogP contribution in [0.4, 0.5) is 5.69 Å². The summed E-state index contributed by atoms with van der Waals surface area (Å²) < 4.78 is 8.32. The molecule has 5 heteroatoms. The van der Waals surface area contributed by atoms with E-state index in [9.17, 15) is 0 Å². The largest absolute Gasteiger partial charge is 0.495 e. The van der Waals surface area contributed by atoms with Crippen LogP contribution >= 0.6 is 15.9 Å². The molecule has 4 nitrogen and oxygen atoms in total. The molecular weight excluding hydrogens is 306 g/mol. The van der Waals surface area contributed by atoms with Crippen LogP contribution < -0.4 is 10.1 Å². The maximum absolute atomic E-state index is 5.33. The second-order valence-corrected chi connectivity index (χ2v) is 5.23. The number of anilines is 1. The zero-order chi connectivity index (χ0) is 13.7. The van der Waals surface area contributed by atoms with Gasteiger partial charge in [-0.3, -0.25) is 4.68 Å². The first-order chi connectivity index (χ1) is 9.22. The lowest BCUT2D eigenvalue weighted by Gasteiger charge is -2.10. The minimum absolute atomic E-state index is 0.733. The highest BCUT2D eigenvalue weighted by Gasteiger charge is 2.04. The van der Waals surface area contributed by atoms with E-state index in [1.807, 2.05) is 29.1 Å². The van der Waals surface area contributed by atoms with Gasteiger partial charge < -0.3 is 10.1 Å². The van der Waals surface area contributed by atoms with Gasteiger partial charge in [0.2, 0.25) is 0 Å². The van der Waals surface area contributed by atoms with E-state index in [0.29, 0.717) is 0 Å². The molecule has 1 aromatic carbocycles. The number of rotatable bonds is 6. The molecule has 0 unspecified atom stereocenters. The Hall–Kier alpha value is -1.49. The summed E-state index contributed by atoms with van der Waals surface area (Å²) in [6, 6.07) is 5.91. The van der Waals surface area contributed by atoms with E-state index in [0.717, 1.165) is 41.0 Å².